The van der Waals surface area contributed by atoms with Crippen molar-refractivity contribution in [1.82, 2.24) is 21.3 Å². The number of primary amides is 1. The fourth-order valence-corrected chi connectivity index (χ4v) is 4.08. The third-order valence-corrected chi connectivity index (χ3v) is 6.49. The summed E-state index contributed by atoms with van der Waals surface area (Å²) in [5.74, 6) is -2.35. The summed E-state index contributed by atoms with van der Waals surface area (Å²) in [4.78, 5) is 62.3. The van der Waals surface area contributed by atoms with E-state index < -0.39 is 60.6 Å². The van der Waals surface area contributed by atoms with E-state index in [1.807, 2.05) is 6.92 Å². The van der Waals surface area contributed by atoms with Gasteiger partial charge in [-0.2, -0.15) is 0 Å². The first-order valence-electron chi connectivity index (χ1n) is 12.8. The van der Waals surface area contributed by atoms with E-state index >= 15 is 0 Å². The molecule has 0 aliphatic heterocycles. The molecule has 5 amide bonds. The minimum absolute atomic E-state index is 0.0852. The van der Waals surface area contributed by atoms with Gasteiger partial charge in [-0.3, -0.25) is 24.0 Å². The Kier molecular flexibility index (Phi) is 15.1. The number of aliphatic hydroxyl groups is 1. The van der Waals surface area contributed by atoms with E-state index in [-0.39, 0.29) is 30.4 Å². The van der Waals surface area contributed by atoms with E-state index in [9.17, 15) is 33.5 Å². The van der Waals surface area contributed by atoms with Crippen molar-refractivity contribution in [2.75, 3.05) is 12.4 Å². The summed E-state index contributed by atoms with van der Waals surface area (Å²) in [7, 11) is 0. The predicted molar refractivity (Wildman–Crippen MR) is 147 cm³/mol. The lowest BCUT2D eigenvalue weighted by molar-refractivity contribution is -0.133. The summed E-state index contributed by atoms with van der Waals surface area (Å²) in [5.41, 5.74) is 5.86. The monoisotopic (exact) mass is 569 g/mol. The van der Waals surface area contributed by atoms with Crippen LogP contribution in [-0.4, -0.2) is 76.7 Å². The smallest absolute Gasteiger partial charge is 0.279 e. The lowest BCUT2D eigenvalue weighted by atomic mass is 10.0. The maximum atomic E-state index is 13.2. The van der Waals surface area contributed by atoms with Crippen LogP contribution in [0.2, 0.25) is 0 Å². The summed E-state index contributed by atoms with van der Waals surface area (Å²) in [6.45, 7) is 5.58. The van der Waals surface area contributed by atoms with Gasteiger partial charge in [0.1, 0.15) is 30.9 Å². The standard InChI is InChI=1S/C26H40FN5O6S/c1-5-39-26(38)32-22(15(2)3)25(37)31-19(13-17-9-7-6-8-10-17)24(36)29-16(4)23(35)30-18(20(33)14-27)11-12-21(28)34/h6-10,15-16,18-20,22,33H,5,11-14H2,1-4H3,(H2,28,34)(H,29,36)(H,30,35)(H,31,37)(H,32,38)/t16-,18?,19?,20?,22-/m0/s1. The van der Waals surface area contributed by atoms with Crippen molar-refractivity contribution >= 4 is 40.6 Å². The first-order chi connectivity index (χ1) is 18.4. The van der Waals surface area contributed by atoms with Gasteiger partial charge in [0, 0.05) is 12.8 Å². The Morgan fingerprint density at radius 1 is 0.949 bits per heavy atom. The van der Waals surface area contributed by atoms with Gasteiger partial charge in [-0.1, -0.05) is 62.9 Å². The highest BCUT2D eigenvalue weighted by Crippen LogP contribution is 2.10. The number of benzene rings is 1. The molecule has 1 rings (SSSR count). The third-order valence-electron chi connectivity index (χ3n) is 5.82. The number of rotatable bonds is 16. The molecule has 11 nitrogen and oxygen atoms in total. The van der Waals surface area contributed by atoms with Crippen LogP contribution in [0.4, 0.5) is 9.18 Å². The SMILES string of the molecule is CCSC(=O)N[C@H](C(=O)NC(Cc1ccccc1)C(=O)N[C@@H](C)C(=O)NC(CCC(N)=O)C(O)CF)C(C)C. The van der Waals surface area contributed by atoms with Gasteiger partial charge in [-0.15, -0.1) is 0 Å². The fourth-order valence-electron chi connectivity index (χ4n) is 3.61. The molecular formula is C26H40FN5O6S. The number of nitrogens with two attached hydrogens (primary N) is 1. The van der Waals surface area contributed by atoms with Crippen LogP contribution in [0.5, 0.6) is 0 Å². The number of nitrogens with one attached hydrogen (secondary N) is 4. The fraction of sp³-hybridized carbons (Fsp3) is 0.577. The second-order valence-electron chi connectivity index (χ2n) is 9.41. The van der Waals surface area contributed by atoms with Crippen molar-refractivity contribution in [2.45, 2.75) is 77.2 Å². The van der Waals surface area contributed by atoms with Gasteiger partial charge in [0.25, 0.3) is 5.24 Å². The lowest BCUT2D eigenvalue weighted by Crippen LogP contribution is -2.58. The molecule has 0 fully saturated rings. The maximum absolute atomic E-state index is 13.2. The summed E-state index contributed by atoms with van der Waals surface area (Å²) >= 11 is 1.03. The van der Waals surface area contributed by atoms with E-state index in [1.165, 1.54) is 6.92 Å². The molecule has 0 aromatic heterocycles. The van der Waals surface area contributed by atoms with E-state index in [2.05, 4.69) is 21.3 Å². The number of carbonyl (C=O) groups is 5. The molecule has 0 aliphatic rings. The molecule has 5 atom stereocenters. The number of halogens is 1. The molecule has 13 heteroatoms. The number of hydrogen-bond donors (Lipinski definition) is 6. The molecule has 0 bridgehead atoms. The van der Waals surface area contributed by atoms with E-state index in [4.69, 9.17) is 5.73 Å². The minimum Gasteiger partial charge on any atom is -0.388 e. The van der Waals surface area contributed by atoms with Crippen LogP contribution < -0.4 is 27.0 Å². The number of thioether (sulfide) groups is 1. The molecule has 1 aromatic rings. The Hall–Kier alpha value is -3.19. The maximum Gasteiger partial charge on any atom is 0.279 e. The molecular weight excluding hydrogens is 529 g/mol. The van der Waals surface area contributed by atoms with Gasteiger partial charge in [-0.25, -0.2) is 4.39 Å². The lowest BCUT2D eigenvalue weighted by Gasteiger charge is -2.27. The van der Waals surface area contributed by atoms with Crippen LogP contribution in [-0.2, 0) is 25.6 Å². The van der Waals surface area contributed by atoms with Crippen molar-refractivity contribution < 1.29 is 33.5 Å². The van der Waals surface area contributed by atoms with Crippen molar-refractivity contribution in [1.29, 1.82) is 0 Å². The molecule has 39 heavy (non-hydrogen) atoms. The molecule has 0 heterocycles. The van der Waals surface area contributed by atoms with Crippen LogP contribution >= 0.6 is 11.8 Å². The largest absolute Gasteiger partial charge is 0.388 e. The summed E-state index contributed by atoms with van der Waals surface area (Å²) in [5, 5.41) is 19.9. The second kappa shape index (κ2) is 17.4. The minimum atomic E-state index is -1.56. The zero-order valence-corrected chi connectivity index (χ0v) is 23.6. The molecule has 3 unspecified atom stereocenters. The van der Waals surface area contributed by atoms with Gasteiger partial charge in [0.05, 0.1) is 6.04 Å². The molecule has 0 spiro atoms. The van der Waals surface area contributed by atoms with Crippen molar-refractivity contribution in [3.63, 3.8) is 0 Å². The molecule has 0 saturated heterocycles. The molecule has 7 N–H and O–H groups in total. The van der Waals surface area contributed by atoms with Crippen LogP contribution in [0.1, 0.15) is 46.1 Å². The predicted octanol–water partition coefficient (Wildman–Crippen LogP) is 0.787. The Balaban J connectivity index is 3.02. The van der Waals surface area contributed by atoms with Gasteiger partial charge in [-0.05, 0) is 30.6 Å². The highest BCUT2D eigenvalue weighted by Gasteiger charge is 2.31. The summed E-state index contributed by atoms with van der Waals surface area (Å²) in [6.07, 6.45) is -1.72. The van der Waals surface area contributed by atoms with Crippen molar-refractivity contribution in [3.8, 4) is 0 Å². The highest BCUT2D eigenvalue weighted by molar-refractivity contribution is 8.13. The molecule has 0 radical (unpaired) electrons. The summed E-state index contributed by atoms with van der Waals surface area (Å²) in [6, 6.07) is 4.73. The van der Waals surface area contributed by atoms with E-state index in [0.29, 0.717) is 5.75 Å². The van der Waals surface area contributed by atoms with Crippen molar-refractivity contribution in [3.05, 3.63) is 35.9 Å². The highest BCUT2D eigenvalue weighted by atomic mass is 32.2. The number of carbonyl (C=O) groups excluding carboxylic acids is 5. The second-order valence-corrected chi connectivity index (χ2v) is 10.6. The Morgan fingerprint density at radius 3 is 2.13 bits per heavy atom. The van der Waals surface area contributed by atoms with Gasteiger partial charge in [0.15, 0.2) is 0 Å². The first kappa shape index (κ1) is 33.8. The quantitative estimate of drug-likeness (QED) is 0.170. The number of alkyl halides is 1. The van der Waals surface area contributed by atoms with Crippen molar-refractivity contribution in [2.24, 2.45) is 11.7 Å². The first-order valence-corrected chi connectivity index (χ1v) is 13.8. The molecule has 1 aromatic carbocycles. The average Bonchev–Trinajstić information content (AvgIpc) is 2.88. The van der Waals surface area contributed by atoms with E-state index in [0.717, 1.165) is 17.3 Å². The number of hydrogen-bond acceptors (Lipinski definition) is 7. The third kappa shape index (κ3) is 12.5. The zero-order chi connectivity index (χ0) is 29.5. The summed E-state index contributed by atoms with van der Waals surface area (Å²) < 4.78 is 13.0. The normalized spacial score (nSPS) is 14.8. The van der Waals surface area contributed by atoms with Gasteiger partial charge < -0.3 is 32.1 Å². The molecule has 0 saturated carbocycles. The van der Waals surface area contributed by atoms with Crippen LogP contribution in [0.25, 0.3) is 0 Å². The topological polar surface area (TPSA) is 180 Å². The Bertz CT molecular complexity index is 967. The van der Waals surface area contributed by atoms with E-state index in [1.54, 1.807) is 44.2 Å². The number of aliphatic hydroxyl groups excluding tert-OH is 1. The van der Waals surface area contributed by atoms with Gasteiger partial charge >= 0.3 is 0 Å². The number of amides is 5. The molecule has 218 valence electrons. The average molecular weight is 570 g/mol. The molecule has 0 aliphatic carbocycles. The van der Waals surface area contributed by atoms with Gasteiger partial charge in [0.2, 0.25) is 23.6 Å². The Labute approximate surface area is 232 Å². The Morgan fingerprint density at radius 2 is 1.59 bits per heavy atom. The van der Waals surface area contributed by atoms with Crippen LogP contribution in [0, 0.1) is 5.92 Å². The zero-order valence-electron chi connectivity index (χ0n) is 22.7. The van der Waals surface area contributed by atoms with Crippen LogP contribution in [0.3, 0.4) is 0 Å². The van der Waals surface area contributed by atoms with Crippen LogP contribution in [0.15, 0.2) is 30.3 Å².